The molecule has 7 heavy (non-hydrogen) atoms. The maximum atomic E-state index is 9.93. The molecule has 0 saturated carbocycles. The van der Waals surface area contributed by atoms with Crippen molar-refractivity contribution in [1.82, 2.24) is 0 Å². The van der Waals surface area contributed by atoms with Crippen LogP contribution in [0.1, 0.15) is 13.3 Å². The summed E-state index contributed by atoms with van der Waals surface area (Å²) in [7, 11) is 0. The molecule has 0 aliphatic heterocycles. The van der Waals surface area contributed by atoms with Crippen molar-refractivity contribution in [2.75, 3.05) is 0 Å². The molecule has 0 aromatic carbocycles. The van der Waals surface area contributed by atoms with Gasteiger partial charge in [0.1, 0.15) is 0 Å². The van der Waals surface area contributed by atoms with Gasteiger partial charge in [-0.05, 0) is 25.1 Å². The van der Waals surface area contributed by atoms with Gasteiger partial charge in [0, 0.05) is 0 Å². The molecule has 0 amide bonds. The Morgan fingerprint density at radius 1 is 1.86 bits per heavy atom. The van der Waals surface area contributed by atoms with Gasteiger partial charge in [0.15, 0.2) is 0 Å². The van der Waals surface area contributed by atoms with Gasteiger partial charge in [-0.3, -0.25) is 4.79 Å². The van der Waals surface area contributed by atoms with E-state index in [4.69, 9.17) is 0 Å². The number of carbonyl (C=O) groups excluding carboxylic acids is 1. The highest BCUT2D eigenvalue weighted by molar-refractivity contribution is 7.97. The summed E-state index contributed by atoms with van der Waals surface area (Å²) in [6.45, 7) is 1.95. The highest BCUT2D eigenvalue weighted by Gasteiger charge is 1.79. The first kappa shape index (κ1) is 6.63. The van der Waals surface area contributed by atoms with Gasteiger partial charge in [-0.2, -0.15) is 0 Å². The molecule has 0 rings (SSSR count). The highest BCUT2D eigenvalue weighted by atomic mass is 32.1. The molecule has 0 spiro atoms. The molecule has 0 heterocycles. The van der Waals surface area contributed by atoms with Crippen LogP contribution in [0.4, 0.5) is 0 Å². The van der Waals surface area contributed by atoms with E-state index in [1.165, 1.54) is 6.08 Å². The Hall–Kier alpha value is -0.370. The van der Waals surface area contributed by atoms with Crippen LogP contribution in [0.5, 0.6) is 0 Å². The van der Waals surface area contributed by atoms with Gasteiger partial charge >= 0.3 is 0 Å². The number of hydrogen-bond acceptors (Lipinski definition) is 1. The lowest BCUT2D eigenvalue weighted by molar-refractivity contribution is -0.106. The third-order valence-corrected chi connectivity index (χ3v) is 0.626. The van der Waals surface area contributed by atoms with Crippen LogP contribution >= 0.6 is 12.6 Å². The Morgan fingerprint density at radius 3 is 2.57 bits per heavy atom. The van der Waals surface area contributed by atoms with Crippen LogP contribution in [-0.4, -0.2) is 5.12 Å². The molecule has 0 atom stereocenters. The van der Waals surface area contributed by atoms with Gasteiger partial charge in [0.25, 0.3) is 0 Å². The van der Waals surface area contributed by atoms with Crippen molar-refractivity contribution in [3.63, 3.8) is 0 Å². The Bertz CT molecular complexity index is 86.1. The van der Waals surface area contributed by atoms with Gasteiger partial charge < -0.3 is 0 Å². The minimum Gasteiger partial charge on any atom is -0.277 e. The van der Waals surface area contributed by atoms with E-state index in [1.54, 1.807) is 6.08 Å². The number of hydrogen-bond donors (Lipinski definition) is 0. The van der Waals surface area contributed by atoms with Gasteiger partial charge in [-0.15, -0.1) is 0 Å². The van der Waals surface area contributed by atoms with Crippen molar-refractivity contribution in [3.05, 3.63) is 12.2 Å². The zero-order chi connectivity index (χ0) is 5.70. The van der Waals surface area contributed by atoms with Crippen LogP contribution < -0.4 is 0 Å². The molecule has 0 unspecified atom stereocenters. The van der Waals surface area contributed by atoms with Gasteiger partial charge in [-0.1, -0.05) is 13.0 Å². The van der Waals surface area contributed by atoms with Crippen molar-refractivity contribution in [2.45, 2.75) is 13.3 Å². The summed E-state index contributed by atoms with van der Waals surface area (Å²) in [4.78, 5) is 9.93. The first-order chi connectivity index (χ1) is 3.27. The zero-order valence-electron chi connectivity index (χ0n) is 4.18. The van der Waals surface area contributed by atoms with Gasteiger partial charge in [0.05, 0.1) is 0 Å². The summed E-state index contributed by atoms with van der Waals surface area (Å²) in [5, 5.41) is -0.290. The van der Waals surface area contributed by atoms with E-state index in [0.29, 0.717) is 0 Å². The highest BCUT2D eigenvalue weighted by Crippen LogP contribution is 1.83. The molecule has 0 bridgehead atoms. The van der Waals surface area contributed by atoms with E-state index < -0.39 is 0 Å². The lowest BCUT2D eigenvalue weighted by Crippen LogP contribution is -1.72. The molecule has 0 saturated heterocycles. The molecule has 39 valence electrons. The van der Waals surface area contributed by atoms with Crippen molar-refractivity contribution >= 4 is 17.7 Å². The van der Waals surface area contributed by atoms with Crippen molar-refractivity contribution in [2.24, 2.45) is 0 Å². The summed E-state index contributed by atoms with van der Waals surface area (Å²) in [6.07, 6.45) is 4.02. The van der Waals surface area contributed by atoms with Gasteiger partial charge in [0.2, 0.25) is 5.12 Å². The number of rotatable bonds is 2. The summed E-state index contributed by atoms with van der Waals surface area (Å²) >= 11 is 4.22. The van der Waals surface area contributed by atoms with Crippen LogP contribution in [0.15, 0.2) is 12.2 Å². The van der Waals surface area contributed by atoms with Gasteiger partial charge in [-0.25, -0.2) is 0 Å². The van der Waals surface area contributed by atoms with Crippen LogP contribution in [0.25, 0.3) is 0 Å². The van der Waals surface area contributed by atoms with E-state index in [1.807, 2.05) is 6.92 Å². The van der Waals surface area contributed by atoms with E-state index >= 15 is 0 Å². The molecule has 2 heteroatoms. The standard InChI is InChI=1S/C5H7OS/c1-2-3-4-5(6)7/h3-4H,2H2,1H3. The molecule has 0 N–H and O–H groups in total. The lowest BCUT2D eigenvalue weighted by Gasteiger charge is -1.71. The fourth-order valence-electron chi connectivity index (χ4n) is 0.214. The average molecular weight is 115 g/mol. The Balaban J connectivity index is 3.26. The maximum absolute atomic E-state index is 9.93. The second kappa shape index (κ2) is 3.81. The molecular formula is C5H7OS. The molecule has 0 aromatic rings. The second-order valence-corrected chi connectivity index (χ2v) is 1.53. The topological polar surface area (TPSA) is 17.1 Å². The van der Waals surface area contributed by atoms with Crippen LogP contribution in [-0.2, 0) is 4.79 Å². The minimum absolute atomic E-state index is 0.290. The molecule has 0 fully saturated rings. The largest absolute Gasteiger partial charge is 0.277 e. The quantitative estimate of drug-likeness (QED) is 0.500. The third-order valence-electron chi connectivity index (χ3n) is 0.490. The Kier molecular flexibility index (Phi) is 3.61. The van der Waals surface area contributed by atoms with E-state index in [-0.39, 0.29) is 5.12 Å². The molecule has 0 aliphatic carbocycles. The van der Waals surface area contributed by atoms with Crippen LogP contribution in [0.3, 0.4) is 0 Å². The van der Waals surface area contributed by atoms with Crippen molar-refractivity contribution < 1.29 is 4.79 Å². The fraction of sp³-hybridized carbons (Fsp3) is 0.400. The fourth-order valence-corrected chi connectivity index (χ4v) is 0.310. The third kappa shape index (κ3) is 5.63. The number of carbonyl (C=O) groups is 1. The van der Waals surface area contributed by atoms with Crippen molar-refractivity contribution in [3.8, 4) is 0 Å². The molecule has 1 radical (unpaired) electrons. The average Bonchev–Trinajstić information content (AvgIpc) is 1.61. The predicted molar refractivity (Wildman–Crippen MR) is 32.0 cm³/mol. The minimum atomic E-state index is -0.290. The monoisotopic (exact) mass is 115 g/mol. The summed E-state index contributed by atoms with van der Waals surface area (Å²) in [6, 6.07) is 0. The van der Waals surface area contributed by atoms with E-state index in [9.17, 15) is 4.79 Å². The maximum Gasteiger partial charge on any atom is 0.241 e. The molecular weight excluding hydrogens is 108 g/mol. The first-order valence-electron chi connectivity index (χ1n) is 2.15. The Morgan fingerprint density at radius 2 is 2.43 bits per heavy atom. The number of allylic oxidation sites excluding steroid dienone is 1. The summed E-state index contributed by atoms with van der Waals surface area (Å²) in [5.74, 6) is 0. The van der Waals surface area contributed by atoms with Crippen LogP contribution in [0.2, 0.25) is 0 Å². The van der Waals surface area contributed by atoms with Crippen LogP contribution in [0, 0.1) is 0 Å². The second-order valence-electron chi connectivity index (χ2n) is 1.13. The molecule has 0 aromatic heterocycles. The smallest absolute Gasteiger partial charge is 0.241 e. The lowest BCUT2D eigenvalue weighted by atomic mass is 10.4. The normalized spacial score (nSPS) is 9.86. The van der Waals surface area contributed by atoms with E-state index in [0.717, 1.165) is 6.42 Å². The predicted octanol–water partition coefficient (Wildman–Crippen LogP) is 1.68. The summed E-state index contributed by atoms with van der Waals surface area (Å²) < 4.78 is 0. The summed E-state index contributed by atoms with van der Waals surface area (Å²) in [5.41, 5.74) is 0. The zero-order valence-corrected chi connectivity index (χ0v) is 4.99. The SMILES string of the molecule is CCC=CC(=O)[S]. The Labute approximate surface area is 48.8 Å². The molecule has 0 aliphatic rings. The first-order valence-corrected chi connectivity index (χ1v) is 2.55. The van der Waals surface area contributed by atoms with E-state index in [2.05, 4.69) is 12.6 Å². The molecule has 1 nitrogen and oxygen atoms in total. The van der Waals surface area contributed by atoms with Crippen molar-refractivity contribution in [1.29, 1.82) is 0 Å².